The number of H-pyrrole nitrogens is 1. The molecule has 1 aliphatic rings. The molecule has 3 aromatic carbocycles. The fourth-order valence-corrected chi connectivity index (χ4v) is 4.39. The van der Waals surface area contributed by atoms with Gasteiger partial charge in [-0.3, -0.25) is 4.79 Å². The molecule has 0 saturated carbocycles. The quantitative estimate of drug-likeness (QED) is 0.461. The number of amides is 1. The van der Waals surface area contributed by atoms with Crippen molar-refractivity contribution in [2.24, 2.45) is 0 Å². The average Bonchev–Trinajstić information content (AvgIpc) is 3.27. The fourth-order valence-electron chi connectivity index (χ4n) is 4.20. The summed E-state index contributed by atoms with van der Waals surface area (Å²) in [6, 6.07) is 24.0. The lowest BCUT2D eigenvalue weighted by Gasteiger charge is -2.24. The van der Waals surface area contributed by atoms with E-state index in [-0.39, 0.29) is 5.91 Å². The summed E-state index contributed by atoms with van der Waals surface area (Å²) < 4.78 is 0. The first-order chi connectivity index (χ1) is 15.7. The number of carbonyl (C=O) groups excluding carboxylic acids is 1. The summed E-state index contributed by atoms with van der Waals surface area (Å²) >= 11 is 6.14. The molecule has 5 rings (SSSR count). The van der Waals surface area contributed by atoms with Crippen LogP contribution in [0.4, 0.5) is 5.69 Å². The van der Waals surface area contributed by atoms with Gasteiger partial charge in [-0.2, -0.15) is 0 Å². The number of aromatic nitrogens is 2. The van der Waals surface area contributed by atoms with Gasteiger partial charge in [0.15, 0.2) is 0 Å². The molecule has 1 amide bonds. The molecule has 4 aromatic rings. The van der Waals surface area contributed by atoms with E-state index in [0.29, 0.717) is 30.2 Å². The Morgan fingerprint density at radius 3 is 2.62 bits per heavy atom. The molecule has 2 heterocycles. The van der Waals surface area contributed by atoms with Crippen molar-refractivity contribution in [3.05, 3.63) is 107 Å². The zero-order valence-corrected chi connectivity index (χ0v) is 18.3. The van der Waals surface area contributed by atoms with Crippen LogP contribution in [0.5, 0.6) is 0 Å². The topological polar surface area (TPSA) is 52.2 Å². The first-order valence-corrected chi connectivity index (χ1v) is 11.0. The molecule has 6 heteroatoms. The molecule has 0 bridgehead atoms. The van der Waals surface area contributed by atoms with Gasteiger partial charge in [-0.15, -0.1) is 0 Å². The van der Waals surface area contributed by atoms with Crippen LogP contribution in [-0.4, -0.2) is 33.9 Å². The molecule has 0 fully saturated rings. The number of hydrogen-bond acceptors (Lipinski definition) is 3. The fraction of sp³-hybridized carbons (Fsp3) is 0.154. The van der Waals surface area contributed by atoms with E-state index in [9.17, 15) is 4.79 Å². The third kappa shape index (κ3) is 4.25. The van der Waals surface area contributed by atoms with Crippen LogP contribution >= 0.6 is 11.6 Å². The van der Waals surface area contributed by atoms with E-state index in [1.807, 2.05) is 41.4 Å². The molecule has 32 heavy (non-hydrogen) atoms. The number of imidazole rings is 1. The lowest BCUT2D eigenvalue weighted by Crippen LogP contribution is -2.35. The van der Waals surface area contributed by atoms with E-state index in [0.717, 1.165) is 34.6 Å². The van der Waals surface area contributed by atoms with Gasteiger partial charge in [0.2, 0.25) is 0 Å². The van der Waals surface area contributed by atoms with Crippen LogP contribution < -0.4 is 4.90 Å². The molecule has 0 saturated heterocycles. The summed E-state index contributed by atoms with van der Waals surface area (Å²) in [6.07, 6.45) is 3.54. The number of carbonyl (C=O) groups is 1. The summed E-state index contributed by atoms with van der Waals surface area (Å²) in [6.45, 7) is 2.59. The lowest BCUT2D eigenvalue weighted by molar-refractivity contribution is 0.0751. The maximum absolute atomic E-state index is 13.3. The van der Waals surface area contributed by atoms with Crippen LogP contribution in [0.1, 0.15) is 21.6 Å². The third-order valence-corrected chi connectivity index (χ3v) is 6.04. The highest BCUT2D eigenvalue weighted by Gasteiger charge is 2.25. The van der Waals surface area contributed by atoms with E-state index < -0.39 is 0 Å². The van der Waals surface area contributed by atoms with E-state index >= 15 is 0 Å². The van der Waals surface area contributed by atoms with Gasteiger partial charge in [-0.05, 0) is 47.0 Å². The van der Waals surface area contributed by atoms with E-state index in [1.165, 1.54) is 0 Å². The lowest BCUT2D eigenvalue weighted by atomic mass is 10.0. The SMILES string of the molecule is O=C(c1cccc(Cl)c1)N1CCN(Cc2cnc[nH]2)c2ccc(-c3ccccc3)cc2C1. The minimum absolute atomic E-state index is 0.00745. The zero-order chi connectivity index (χ0) is 21.9. The molecule has 0 radical (unpaired) electrons. The Morgan fingerprint density at radius 1 is 0.969 bits per heavy atom. The van der Waals surface area contributed by atoms with E-state index in [2.05, 4.69) is 45.2 Å². The molecule has 0 atom stereocenters. The first kappa shape index (κ1) is 20.3. The monoisotopic (exact) mass is 442 g/mol. The minimum atomic E-state index is -0.00745. The van der Waals surface area contributed by atoms with E-state index in [4.69, 9.17) is 11.6 Å². The maximum Gasteiger partial charge on any atom is 0.254 e. The number of nitrogens with zero attached hydrogens (tertiary/aromatic N) is 3. The molecule has 160 valence electrons. The number of hydrogen-bond donors (Lipinski definition) is 1. The maximum atomic E-state index is 13.3. The Hall–Kier alpha value is -3.57. The van der Waals surface area contributed by atoms with Gasteiger partial charge in [-0.1, -0.05) is 54.1 Å². The van der Waals surface area contributed by atoms with Crippen LogP contribution in [0.3, 0.4) is 0 Å². The number of nitrogens with one attached hydrogen (secondary N) is 1. The Morgan fingerprint density at radius 2 is 1.84 bits per heavy atom. The van der Waals surface area contributed by atoms with Crippen LogP contribution in [0.25, 0.3) is 11.1 Å². The first-order valence-electron chi connectivity index (χ1n) is 10.6. The van der Waals surface area contributed by atoms with Crippen molar-refractivity contribution < 1.29 is 4.79 Å². The van der Waals surface area contributed by atoms with Crippen LogP contribution in [-0.2, 0) is 13.1 Å². The predicted molar refractivity (Wildman–Crippen MR) is 128 cm³/mol. The second-order valence-corrected chi connectivity index (χ2v) is 8.38. The predicted octanol–water partition coefficient (Wildman–Crippen LogP) is 5.39. The molecule has 1 aromatic heterocycles. The third-order valence-electron chi connectivity index (χ3n) is 5.80. The van der Waals surface area contributed by atoms with Crippen LogP contribution in [0.15, 0.2) is 85.3 Å². The van der Waals surface area contributed by atoms with Gasteiger partial charge >= 0.3 is 0 Å². The summed E-state index contributed by atoms with van der Waals surface area (Å²) in [5.41, 5.74) is 6.22. The van der Waals surface area contributed by atoms with Crippen LogP contribution in [0, 0.1) is 0 Å². The van der Waals surface area contributed by atoms with Crippen LogP contribution in [0.2, 0.25) is 5.02 Å². The summed E-state index contributed by atoms with van der Waals surface area (Å²) in [7, 11) is 0. The van der Waals surface area contributed by atoms with Gasteiger partial charge in [0.25, 0.3) is 5.91 Å². The number of aromatic amines is 1. The number of anilines is 1. The van der Waals surface area contributed by atoms with Gasteiger partial charge in [0, 0.05) is 42.1 Å². The smallest absolute Gasteiger partial charge is 0.254 e. The van der Waals surface area contributed by atoms with Gasteiger partial charge in [0.05, 0.1) is 18.6 Å². The number of halogens is 1. The molecule has 1 N–H and O–H groups in total. The van der Waals surface area contributed by atoms with E-state index in [1.54, 1.807) is 18.5 Å². The Balaban J connectivity index is 1.51. The Labute approximate surface area is 192 Å². The average molecular weight is 443 g/mol. The van der Waals surface area contributed by atoms with Crippen molar-refractivity contribution in [2.75, 3.05) is 18.0 Å². The van der Waals surface area contributed by atoms with Crippen molar-refractivity contribution >= 4 is 23.2 Å². The minimum Gasteiger partial charge on any atom is -0.364 e. The second kappa shape index (κ2) is 8.89. The molecular formula is C26H23ClN4O. The number of benzene rings is 3. The molecule has 0 unspecified atom stereocenters. The number of rotatable bonds is 4. The zero-order valence-electron chi connectivity index (χ0n) is 17.5. The Bertz CT molecular complexity index is 1220. The highest BCUT2D eigenvalue weighted by molar-refractivity contribution is 6.30. The van der Waals surface area contributed by atoms with Gasteiger partial charge < -0.3 is 14.8 Å². The molecular weight excluding hydrogens is 420 g/mol. The largest absolute Gasteiger partial charge is 0.364 e. The van der Waals surface area contributed by atoms with Gasteiger partial charge in [-0.25, -0.2) is 4.98 Å². The molecule has 0 spiro atoms. The van der Waals surface area contributed by atoms with Crippen molar-refractivity contribution in [1.29, 1.82) is 0 Å². The summed E-state index contributed by atoms with van der Waals surface area (Å²) in [5, 5.41) is 0.568. The standard InChI is InChI=1S/C26H23ClN4O/c27-23-8-4-7-21(14-23)26(32)31-12-11-30(17-24-15-28-18-29-24)25-10-9-20(13-22(25)16-31)19-5-2-1-3-6-19/h1-10,13-15,18H,11-12,16-17H2,(H,28,29). The van der Waals surface area contributed by atoms with Gasteiger partial charge in [0.1, 0.15) is 0 Å². The van der Waals surface area contributed by atoms with Crippen molar-refractivity contribution in [1.82, 2.24) is 14.9 Å². The second-order valence-electron chi connectivity index (χ2n) is 7.94. The van der Waals surface area contributed by atoms with Crippen molar-refractivity contribution in [3.63, 3.8) is 0 Å². The highest BCUT2D eigenvalue weighted by Crippen LogP contribution is 2.32. The number of fused-ring (bicyclic) bond motifs is 1. The summed E-state index contributed by atoms with van der Waals surface area (Å²) in [5.74, 6) is -0.00745. The Kier molecular flexibility index (Phi) is 5.65. The van der Waals surface area contributed by atoms with Crippen molar-refractivity contribution in [2.45, 2.75) is 13.1 Å². The summed E-state index contributed by atoms with van der Waals surface area (Å²) in [4.78, 5) is 24.9. The van der Waals surface area contributed by atoms with Crippen molar-refractivity contribution in [3.8, 4) is 11.1 Å². The normalized spacial score (nSPS) is 13.5. The molecule has 0 aliphatic carbocycles. The highest BCUT2D eigenvalue weighted by atomic mass is 35.5. The molecule has 1 aliphatic heterocycles. The molecule has 5 nitrogen and oxygen atoms in total.